The third-order valence-electron chi connectivity index (χ3n) is 3.87. The largest absolute Gasteiger partial charge is 0.337 e. The molecule has 2 N–H and O–H groups in total. The number of nitrogens with one attached hydrogen (secondary N) is 2. The van der Waals surface area contributed by atoms with Crippen LogP contribution < -0.4 is 10.6 Å². The summed E-state index contributed by atoms with van der Waals surface area (Å²) in [6.45, 7) is 2.54. The third-order valence-corrected chi connectivity index (χ3v) is 3.87. The highest BCUT2D eigenvalue weighted by atomic mass is 16.2. The number of nitrogens with zero attached hydrogens (tertiary/aromatic N) is 4. The van der Waals surface area contributed by atoms with Crippen LogP contribution in [0.1, 0.15) is 18.3 Å². The summed E-state index contributed by atoms with van der Waals surface area (Å²) in [6.07, 6.45) is 3.42. The molecule has 0 unspecified atom stereocenters. The van der Waals surface area contributed by atoms with Crippen molar-refractivity contribution in [1.29, 1.82) is 0 Å². The SMILES string of the molecule is CCc1cc(NC(=O)NCCc2ccn(-c3ccccc3)n2)n(C)n1. The standard InChI is InChI=1S/C18H22N6O/c1-3-14-13-17(23(2)21-14)20-18(25)19-11-9-15-10-12-24(22-15)16-7-5-4-6-8-16/h4-8,10,12-13H,3,9,11H2,1-2H3,(H2,19,20,25). The summed E-state index contributed by atoms with van der Waals surface area (Å²) in [7, 11) is 1.81. The van der Waals surface area contributed by atoms with Gasteiger partial charge < -0.3 is 5.32 Å². The van der Waals surface area contributed by atoms with Gasteiger partial charge in [-0.1, -0.05) is 25.1 Å². The Labute approximate surface area is 146 Å². The number of aromatic nitrogens is 4. The summed E-state index contributed by atoms with van der Waals surface area (Å²) < 4.78 is 3.50. The van der Waals surface area contributed by atoms with E-state index in [4.69, 9.17) is 0 Å². The Hall–Kier alpha value is -3.09. The van der Waals surface area contributed by atoms with Crippen LogP contribution in [0, 0.1) is 0 Å². The zero-order valence-corrected chi connectivity index (χ0v) is 14.4. The van der Waals surface area contributed by atoms with Crippen molar-refractivity contribution in [2.24, 2.45) is 7.05 Å². The number of carbonyl (C=O) groups is 1. The van der Waals surface area contributed by atoms with Crippen molar-refractivity contribution >= 4 is 11.8 Å². The highest BCUT2D eigenvalue weighted by Gasteiger charge is 2.08. The van der Waals surface area contributed by atoms with E-state index in [1.54, 1.807) is 4.68 Å². The molecule has 0 aliphatic heterocycles. The normalized spacial score (nSPS) is 10.6. The lowest BCUT2D eigenvalue weighted by Crippen LogP contribution is -2.31. The second-order valence-electron chi connectivity index (χ2n) is 5.72. The van der Waals surface area contributed by atoms with Crippen molar-refractivity contribution in [3.05, 3.63) is 60.0 Å². The van der Waals surface area contributed by atoms with Crippen LogP contribution in [-0.2, 0) is 19.9 Å². The lowest BCUT2D eigenvalue weighted by Gasteiger charge is -2.06. The molecule has 2 amide bonds. The van der Waals surface area contributed by atoms with Crippen LogP contribution in [0.25, 0.3) is 5.69 Å². The van der Waals surface area contributed by atoms with Gasteiger partial charge in [-0.15, -0.1) is 0 Å². The maximum Gasteiger partial charge on any atom is 0.320 e. The first-order valence-electron chi connectivity index (χ1n) is 8.33. The maximum absolute atomic E-state index is 12.0. The Morgan fingerprint density at radius 1 is 1.12 bits per heavy atom. The first-order valence-corrected chi connectivity index (χ1v) is 8.33. The van der Waals surface area contributed by atoms with Gasteiger partial charge in [0.15, 0.2) is 0 Å². The van der Waals surface area contributed by atoms with Crippen molar-refractivity contribution in [3.8, 4) is 5.69 Å². The van der Waals surface area contributed by atoms with Gasteiger partial charge in [0.1, 0.15) is 5.82 Å². The van der Waals surface area contributed by atoms with E-state index < -0.39 is 0 Å². The maximum atomic E-state index is 12.0. The van der Waals surface area contributed by atoms with Crippen LogP contribution in [0.15, 0.2) is 48.7 Å². The van der Waals surface area contributed by atoms with Crippen molar-refractivity contribution in [3.63, 3.8) is 0 Å². The fourth-order valence-electron chi connectivity index (χ4n) is 2.50. The van der Waals surface area contributed by atoms with E-state index in [1.165, 1.54) is 0 Å². The zero-order valence-electron chi connectivity index (χ0n) is 14.4. The second-order valence-corrected chi connectivity index (χ2v) is 5.72. The Morgan fingerprint density at radius 2 is 1.92 bits per heavy atom. The first kappa shape index (κ1) is 16.8. The molecule has 7 nitrogen and oxygen atoms in total. The molecule has 7 heteroatoms. The number of amides is 2. The lowest BCUT2D eigenvalue weighted by atomic mass is 10.3. The van der Waals surface area contributed by atoms with Gasteiger partial charge in [-0.25, -0.2) is 9.48 Å². The van der Waals surface area contributed by atoms with Gasteiger partial charge >= 0.3 is 6.03 Å². The van der Waals surface area contributed by atoms with Gasteiger partial charge in [0.05, 0.1) is 17.1 Å². The van der Waals surface area contributed by atoms with E-state index in [1.807, 2.05) is 67.3 Å². The topological polar surface area (TPSA) is 76.8 Å². The smallest absolute Gasteiger partial charge is 0.320 e. The lowest BCUT2D eigenvalue weighted by molar-refractivity contribution is 0.252. The Morgan fingerprint density at radius 3 is 2.64 bits per heavy atom. The first-order chi connectivity index (χ1) is 12.2. The summed E-state index contributed by atoms with van der Waals surface area (Å²) in [5, 5.41) is 14.5. The number of urea groups is 1. The van der Waals surface area contributed by atoms with E-state index in [0.29, 0.717) is 18.8 Å². The molecule has 25 heavy (non-hydrogen) atoms. The van der Waals surface area contributed by atoms with Crippen LogP contribution in [0.5, 0.6) is 0 Å². The van der Waals surface area contributed by atoms with Gasteiger partial charge in [-0.3, -0.25) is 10.00 Å². The van der Waals surface area contributed by atoms with E-state index in [9.17, 15) is 4.79 Å². The fourth-order valence-corrected chi connectivity index (χ4v) is 2.50. The molecule has 2 heterocycles. The van der Waals surface area contributed by atoms with Crippen molar-refractivity contribution < 1.29 is 4.79 Å². The molecule has 0 aliphatic carbocycles. The third kappa shape index (κ3) is 4.26. The Bertz CT molecular complexity index is 836. The molecule has 130 valence electrons. The van der Waals surface area contributed by atoms with Gasteiger partial charge in [0, 0.05) is 32.3 Å². The molecule has 0 radical (unpaired) electrons. The Balaban J connectivity index is 1.49. The molecule has 0 spiro atoms. The summed E-state index contributed by atoms with van der Waals surface area (Å²) in [5.41, 5.74) is 2.89. The number of hydrogen-bond donors (Lipinski definition) is 2. The highest BCUT2D eigenvalue weighted by molar-refractivity contribution is 5.88. The van der Waals surface area contributed by atoms with Gasteiger partial charge in [0.2, 0.25) is 0 Å². The predicted molar refractivity (Wildman–Crippen MR) is 96.9 cm³/mol. The van der Waals surface area contributed by atoms with Crippen molar-refractivity contribution in [2.75, 3.05) is 11.9 Å². The predicted octanol–water partition coefficient (Wildman–Crippen LogP) is 2.53. The zero-order chi connectivity index (χ0) is 17.6. The molecule has 0 aliphatic rings. The van der Waals surface area contributed by atoms with E-state index >= 15 is 0 Å². The van der Waals surface area contributed by atoms with Gasteiger partial charge in [-0.2, -0.15) is 10.2 Å². The molecular weight excluding hydrogens is 316 g/mol. The van der Waals surface area contributed by atoms with Crippen molar-refractivity contribution in [1.82, 2.24) is 24.9 Å². The second kappa shape index (κ2) is 7.65. The summed E-state index contributed by atoms with van der Waals surface area (Å²) >= 11 is 0. The van der Waals surface area contributed by atoms with Crippen LogP contribution >= 0.6 is 0 Å². The number of para-hydroxylation sites is 1. The fraction of sp³-hybridized carbons (Fsp3) is 0.278. The van der Waals surface area contributed by atoms with E-state index in [2.05, 4.69) is 20.8 Å². The van der Waals surface area contributed by atoms with E-state index in [0.717, 1.165) is 23.5 Å². The average Bonchev–Trinajstić information content (AvgIpc) is 3.23. The minimum absolute atomic E-state index is 0.242. The highest BCUT2D eigenvalue weighted by Crippen LogP contribution is 2.09. The number of anilines is 1. The van der Waals surface area contributed by atoms with Gasteiger partial charge in [0.25, 0.3) is 0 Å². The molecule has 0 bridgehead atoms. The van der Waals surface area contributed by atoms with Crippen LogP contribution in [0.4, 0.5) is 10.6 Å². The van der Waals surface area contributed by atoms with Gasteiger partial charge in [-0.05, 0) is 24.6 Å². The summed E-state index contributed by atoms with van der Waals surface area (Å²) in [6, 6.07) is 13.5. The molecule has 0 saturated heterocycles. The minimum atomic E-state index is -0.242. The average molecular weight is 338 g/mol. The Kier molecular flexibility index (Phi) is 5.13. The number of hydrogen-bond acceptors (Lipinski definition) is 3. The molecule has 0 fully saturated rings. The van der Waals surface area contributed by atoms with Crippen LogP contribution in [0.2, 0.25) is 0 Å². The number of aryl methyl sites for hydroxylation is 2. The number of rotatable bonds is 6. The molecular formula is C18H22N6O. The molecule has 1 aromatic carbocycles. The number of benzene rings is 1. The number of carbonyl (C=O) groups excluding carboxylic acids is 1. The molecule has 3 aromatic rings. The van der Waals surface area contributed by atoms with Crippen LogP contribution in [0.3, 0.4) is 0 Å². The molecule has 0 saturated carbocycles. The quantitative estimate of drug-likeness (QED) is 0.725. The summed E-state index contributed by atoms with van der Waals surface area (Å²) in [5.74, 6) is 0.683. The molecule has 3 rings (SSSR count). The minimum Gasteiger partial charge on any atom is -0.337 e. The molecule has 2 aromatic heterocycles. The van der Waals surface area contributed by atoms with Crippen LogP contribution in [-0.4, -0.2) is 32.1 Å². The monoisotopic (exact) mass is 338 g/mol. The molecule has 0 atom stereocenters. The van der Waals surface area contributed by atoms with E-state index in [-0.39, 0.29) is 6.03 Å². The summed E-state index contributed by atoms with van der Waals surface area (Å²) in [4.78, 5) is 12.0. The van der Waals surface area contributed by atoms with Crippen molar-refractivity contribution in [2.45, 2.75) is 19.8 Å².